The highest BCUT2D eigenvalue weighted by Crippen LogP contribution is 2.19. The van der Waals surface area contributed by atoms with Crippen LogP contribution in [-0.2, 0) is 4.79 Å². The second-order valence-corrected chi connectivity index (χ2v) is 7.62. The molecule has 0 aliphatic rings. The van der Waals surface area contributed by atoms with E-state index in [0.717, 1.165) is 11.0 Å². The summed E-state index contributed by atoms with van der Waals surface area (Å²) >= 11 is 0. The third-order valence-corrected chi connectivity index (χ3v) is 4.23. The molecule has 1 atom stereocenters. The first-order valence-corrected chi connectivity index (χ1v) is 8.91. The molecule has 0 saturated carbocycles. The van der Waals surface area contributed by atoms with Crippen LogP contribution in [0.15, 0.2) is 48.5 Å². The van der Waals surface area contributed by atoms with Gasteiger partial charge in [-0.25, -0.2) is 4.98 Å². The van der Waals surface area contributed by atoms with Gasteiger partial charge >= 0.3 is 0 Å². The van der Waals surface area contributed by atoms with Crippen LogP contribution in [0.5, 0.6) is 0 Å². The number of aromatic nitrogens is 2. The normalized spacial score (nSPS) is 12.6. The molecule has 3 N–H and O–H groups in total. The molecular formula is C21H24N4O2. The zero-order valence-electron chi connectivity index (χ0n) is 16.0. The van der Waals surface area contributed by atoms with Gasteiger partial charge in [0.15, 0.2) is 0 Å². The van der Waals surface area contributed by atoms with Gasteiger partial charge in [0, 0.05) is 16.7 Å². The van der Waals surface area contributed by atoms with Gasteiger partial charge in [0.25, 0.3) is 5.91 Å². The fraction of sp³-hybridized carbons (Fsp3) is 0.286. The van der Waals surface area contributed by atoms with E-state index in [9.17, 15) is 9.59 Å². The first kappa shape index (κ1) is 18.6. The molecule has 3 aromatic rings. The Hall–Kier alpha value is -3.15. The molecule has 6 heteroatoms. The van der Waals surface area contributed by atoms with E-state index in [1.165, 1.54) is 0 Å². The van der Waals surface area contributed by atoms with Gasteiger partial charge in [0.05, 0.1) is 17.1 Å². The van der Waals surface area contributed by atoms with Crippen LogP contribution in [0.1, 0.15) is 49.9 Å². The van der Waals surface area contributed by atoms with Crippen LogP contribution in [-0.4, -0.2) is 21.8 Å². The Morgan fingerprint density at radius 3 is 2.52 bits per heavy atom. The number of benzene rings is 2. The van der Waals surface area contributed by atoms with Crippen molar-refractivity contribution in [1.29, 1.82) is 0 Å². The largest absolute Gasteiger partial charge is 0.342 e. The van der Waals surface area contributed by atoms with Gasteiger partial charge in [-0.15, -0.1) is 0 Å². The molecule has 2 aromatic carbocycles. The molecule has 0 radical (unpaired) electrons. The van der Waals surface area contributed by atoms with Crippen molar-refractivity contribution in [2.45, 2.75) is 33.7 Å². The van der Waals surface area contributed by atoms with Crippen LogP contribution in [0.2, 0.25) is 0 Å². The van der Waals surface area contributed by atoms with Gasteiger partial charge in [-0.3, -0.25) is 9.59 Å². The highest BCUT2D eigenvalue weighted by atomic mass is 16.2. The number of imidazole rings is 1. The molecule has 1 aromatic heterocycles. The number of nitrogens with one attached hydrogen (secondary N) is 3. The Labute approximate surface area is 158 Å². The number of hydrogen-bond donors (Lipinski definition) is 3. The Bertz CT molecular complexity index is 952. The number of rotatable bonds is 4. The maximum Gasteiger partial charge on any atom is 0.251 e. The number of anilines is 1. The number of hydrogen-bond acceptors (Lipinski definition) is 3. The quantitative estimate of drug-likeness (QED) is 0.653. The molecular weight excluding hydrogens is 340 g/mol. The Balaban J connectivity index is 1.72. The lowest BCUT2D eigenvalue weighted by Crippen LogP contribution is -2.29. The number of para-hydroxylation sites is 2. The summed E-state index contributed by atoms with van der Waals surface area (Å²) in [5, 5.41) is 5.78. The van der Waals surface area contributed by atoms with E-state index < -0.39 is 5.41 Å². The van der Waals surface area contributed by atoms with Gasteiger partial charge < -0.3 is 15.6 Å². The Morgan fingerprint density at radius 2 is 1.81 bits per heavy atom. The number of H-pyrrole nitrogens is 1. The molecule has 1 unspecified atom stereocenters. The smallest absolute Gasteiger partial charge is 0.251 e. The third kappa shape index (κ3) is 4.34. The first-order valence-electron chi connectivity index (χ1n) is 8.91. The minimum absolute atomic E-state index is 0.101. The summed E-state index contributed by atoms with van der Waals surface area (Å²) in [5.41, 5.74) is 2.36. The standard InChI is InChI=1S/C21H24N4O2/c1-13(18-24-16-10-5-6-11-17(16)25-18)22-19(26)14-8-7-9-15(12-14)23-20(27)21(2,3)4/h5-13H,1-4H3,(H,22,26)(H,23,27)(H,24,25). The van der Waals surface area contributed by atoms with E-state index in [2.05, 4.69) is 20.6 Å². The summed E-state index contributed by atoms with van der Waals surface area (Å²) in [5.74, 6) is 0.368. The molecule has 0 bridgehead atoms. The average molecular weight is 364 g/mol. The molecule has 2 amide bonds. The predicted octanol–water partition coefficient (Wildman–Crippen LogP) is 4.04. The van der Waals surface area contributed by atoms with E-state index in [1.54, 1.807) is 24.3 Å². The summed E-state index contributed by atoms with van der Waals surface area (Å²) in [6, 6.07) is 14.4. The highest BCUT2D eigenvalue weighted by molar-refractivity contribution is 5.98. The predicted molar refractivity (Wildman–Crippen MR) is 107 cm³/mol. The summed E-state index contributed by atoms with van der Waals surface area (Å²) < 4.78 is 0. The van der Waals surface area contributed by atoms with Crippen molar-refractivity contribution in [1.82, 2.24) is 15.3 Å². The van der Waals surface area contributed by atoms with Crippen LogP contribution in [0, 0.1) is 5.41 Å². The summed E-state index contributed by atoms with van der Waals surface area (Å²) in [6.45, 7) is 7.40. The lowest BCUT2D eigenvalue weighted by molar-refractivity contribution is -0.123. The molecule has 0 fully saturated rings. The average Bonchev–Trinajstić information content (AvgIpc) is 3.05. The SMILES string of the molecule is CC(NC(=O)c1cccc(NC(=O)C(C)(C)C)c1)c1nc2ccccc2[nH]1. The number of carbonyl (C=O) groups is 2. The third-order valence-electron chi connectivity index (χ3n) is 4.23. The van der Waals surface area contributed by atoms with E-state index in [0.29, 0.717) is 17.1 Å². The van der Waals surface area contributed by atoms with Gasteiger partial charge in [-0.2, -0.15) is 0 Å². The number of fused-ring (bicyclic) bond motifs is 1. The number of nitrogens with zero attached hydrogens (tertiary/aromatic N) is 1. The Kier molecular flexibility index (Phi) is 4.99. The zero-order chi connectivity index (χ0) is 19.6. The molecule has 140 valence electrons. The number of carbonyl (C=O) groups excluding carboxylic acids is 2. The number of amides is 2. The molecule has 27 heavy (non-hydrogen) atoms. The van der Waals surface area contributed by atoms with Crippen molar-refractivity contribution < 1.29 is 9.59 Å². The minimum Gasteiger partial charge on any atom is -0.342 e. The van der Waals surface area contributed by atoms with Gasteiger partial charge in [-0.05, 0) is 37.3 Å². The zero-order valence-corrected chi connectivity index (χ0v) is 16.0. The fourth-order valence-corrected chi connectivity index (χ4v) is 2.58. The van der Waals surface area contributed by atoms with Crippen molar-refractivity contribution in [3.63, 3.8) is 0 Å². The van der Waals surface area contributed by atoms with Gasteiger partial charge in [-0.1, -0.05) is 39.0 Å². The van der Waals surface area contributed by atoms with Crippen molar-refractivity contribution in [2.75, 3.05) is 5.32 Å². The van der Waals surface area contributed by atoms with Crippen LogP contribution in [0.3, 0.4) is 0 Å². The summed E-state index contributed by atoms with van der Waals surface area (Å²) in [6.07, 6.45) is 0. The molecule has 0 saturated heterocycles. The van der Waals surface area contributed by atoms with Crippen molar-refractivity contribution >= 4 is 28.5 Å². The maximum absolute atomic E-state index is 12.6. The van der Waals surface area contributed by atoms with Crippen LogP contribution in [0.25, 0.3) is 11.0 Å². The van der Waals surface area contributed by atoms with E-state index in [1.807, 2.05) is 52.0 Å². The molecule has 1 heterocycles. The first-order chi connectivity index (χ1) is 12.7. The topological polar surface area (TPSA) is 86.9 Å². The minimum atomic E-state index is -0.506. The van der Waals surface area contributed by atoms with Crippen LogP contribution < -0.4 is 10.6 Å². The fourth-order valence-electron chi connectivity index (χ4n) is 2.58. The van der Waals surface area contributed by atoms with Crippen molar-refractivity contribution in [3.8, 4) is 0 Å². The molecule has 0 aliphatic heterocycles. The van der Waals surface area contributed by atoms with Gasteiger partial charge in [0.1, 0.15) is 5.82 Å². The van der Waals surface area contributed by atoms with E-state index in [-0.39, 0.29) is 17.9 Å². The highest BCUT2D eigenvalue weighted by Gasteiger charge is 2.21. The second-order valence-electron chi connectivity index (χ2n) is 7.62. The maximum atomic E-state index is 12.6. The van der Waals surface area contributed by atoms with Gasteiger partial charge in [0.2, 0.25) is 5.91 Å². The molecule has 0 aliphatic carbocycles. The summed E-state index contributed by atoms with van der Waals surface area (Å²) in [4.78, 5) is 32.5. The summed E-state index contributed by atoms with van der Waals surface area (Å²) in [7, 11) is 0. The Morgan fingerprint density at radius 1 is 1.07 bits per heavy atom. The second kappa shape index (κ2) is 7.23. The molecule has 0 spiro atoms. The van der Waals surface area contributed by atoms with Crippen LogP contribution >= 0.6 is 0 Å². The van der Waals surface area contributed by atoms with Crippen molar-refractivity contribution in [3.05, 3.63) is 59.9 Å². The van der Waals surface area contributed by atoms with E-state index in [4.69, 9.17) is 0 Å². The molecule has 6 nitrogen and oxygen atoms in total. The van der Waals surface area contributed by atoms with E-state index >= 15 is 0 Å². The number of aromatic amines is 1. The lowest BCUT2D eigenvalue weighted by Gasteiger charge is -2.18. The van der Waals surface area contributed by atoms with Crippen molar-refractivity contribution in [2.24, 2.45) is 5.41 Å². The lowest BCUT2D eigenvalue weighted by atomic mass is 9.95. The molecule has 3 rings (SSSR count). The van der Waals surface area contributed by atoms with Crippen LogP contribution in [0.4, 0.5) is 5.69 Å². The monoisotopic (exact) mass is 364 g/mol.